The minimum Gasteiger partial charge on any atom is -0.394 e. The molecular formula is C9H20N2O. The Morgan fingerprint density at radius 3 is 2.50 bits per heavy atom. The van der Waals surface area contributed by atoms with Gasteiger partial charge in [-0.2, -0.15) is 0 Å². The number of piperidine rings is 1. The van der Waals surface area contributed by atoms with Crippen molar-refractivity contribution in [2.75, 3.05) is 40.8 Å². The fraction of sp³-hybridized carbons (Fsp3) is 1.00. The van der Waals surface area contributed by atoms with Gasteiger partial charge < -0.3 is 14.9 Å². The van der Waals surface area contributed by atoms with Crippen molar-refractivity contribution in [3.8, 4) is 0 Å². The van der Waals surface area contributed by atoms with E-state index >= 15 is 0 Å². The Kier molecular flexibility index (Phi) is 3.09. The molecule has 0 bridgehead atoms. The number of rotatable bonds is 2. The van der Waals surface area contributed by atoms with Gasteiger partial charge in [-0.1, -0.05) is 0 Å². The number of hydrogen-bond donors (Lipinski definition) is 1. The van der Waals surface area contributed by atoms with Crippen molar-refractivity contribution in [2.24, 2.45) is 0 Å². The summed E-state index contributed by atoms with van der Waals surface area (Å²) in [6, 6.07) is 0. The fourth-order valence-electron chi connectivity index (χ4n) is 1.97. The molecule has 1 heterocycles. The van der Waals surface area contributed by atoms with Crippen LogP contribution in [0.4, 0.5) is 0 Å². The first-order valence-electron chi connectivity index (χ1n) is 4.57. The lowest BCUT2D eigenvalue weighted by Crippen LogP contribution is -2.57. The van der Waals surface area contributed by atoms with Crippen molar-refractivity contribution < 1.29 is 5.11 Å². The van der Waals surface area contributed by atoms with Gasteiger partial charge in [0.1, 0.15) is 0 Å². The Labute approximate surface area is 75.0 Å². The summed E-state index contributed by atoms with van der Waals surface area (Å²) in [5, 5.41) is 9.36. The summed E-state index contributed by atoms with van der Waals surface area (Å²) in [7, 11) is 6.22. The lowest BCUT2D eigenvalue weighted by Gasteiger charge is -2.44. The molecule has 1 N–H and O–H groups in total. The van der Waals surface area contributed by atoms with Crippen molar-refractivity contribution in [3.05, 3.63) is 0 Å². The molecule has 72 valence electrons. The maximum atomic E-state index is 9.36. The second-order valence-electron chi connectivity index (χ2n) is 4.12. The molecule has 12 heavy (non-hydrogen) atoms. The molecule has 1 rings (SSSR count). The molecule has 0 saturated carbocycles. The molecule has 0 aliphatic carbocycles. The Morgan fingerprint density at radius 1 is 1.50 bits per heavy atom. The van der Waals surface area contributed by atoms with Crippen LogP contribution in [0.2, 0.25) is 0 Å². The summed E-state index contributed by atoms with van der Waals surface area (Å²) < 4.78 is 0. The highest BCUT2D eigenvalue weighted by molar-refractivity contribution is 4.93. The van der Waals surface area contributed by atoms with Crippen LogP contribution in [0.15, 0.2) is 0 Å². The van der Waals surface area contributed by atoms with Crippen molar-refractivity contribution in [3.63, 3.8) is 0 Å². The van der Waals surface area contributed by atoms with Crippen molar-refractivity contribution >= 4 is 0 Å². The van der Waals surface area contributed by atoms with Crippen LogP contribution in [-0.2, 0) is 0 Å². The van der Waals surface area contributed by atoms with Crippen LogP contribution in [0.5, 0.6) is 0 Å². The number of likely N-dealkylation sites (N-methyl/N-ethyl adjacent to an activating group) is 2. The number of aliphatic hydroxyl groups excluding tert-OH is 1. The molecule has 0 spiro atoms. The molecule has 1 fully saturated rings. The third kappa shape index (κ3) is 1.79. The standard InChI is InChI=1S/C9H20N2O/c1-10(2)9(8-12)5-4-6-11(3)7-9/h12H,4-8H2,1-3H3. The highest BCUT2D eigenvalue weighted by atomic mass is 16.3. The normalized spacial score (nSPS) is 32.8. The second kappa shape index (κ2) is 3.73. The van der Waals surface area contributed by atoms with Crippen molar-refractivity contribution in [1.29, 1.82) is 0 Å². The van der Waals surface area contributed by atoms with Gasteiger partial charge >= 0.3 is 0 Å². The molecule has 0 radical (unpaired) electrons. The summed E-state index contributed by atoms with van der Waals surface area (Å²) in [4.78, 5) is 4.45. The number of nitrogens with zero attached hydrogens (tertiary/aromatic N) is 2. The van der Waals surface area contributed by atoms with E-state index in [-0.39, 0.29) is 12.1 Å². The third-order valence-electron chi connectivity index (χ3n) is 2.99. The second-order valence-corrected chi connectivity index (χ2v) is 4.12. The Balaban J connectivity index is 2.64. The van der Waals surface area contributed by atoms with Crippen LogP contribution in [0, 0.1) is 0 Å². The highest BCUT2D eigenvalue weighted by Crippen LogP contribution is 2.24. The van der Waals surface area contributed by atoms with Crippen LogP contribution < -0.4 is 0 Å². The number of likely N-dealkylation sites (tertiary alicyclic amines) is 1. The zero-order valence-electron chi connectivity index (χ0n) is 8.38. The minimum atomic E-state index is 0.00694. The summed E-state index contributed by atoms with van der Waals surface area (Å²) in [5.41, 5.74) is 0.00694. The van der Waals surface area contributed by atoms with E-state index in [2.05, 4.69) is 30.9 Å². The Bertz CT molecular complexity index is 149. The quantitative estimate of drug-likeness (QED) is 0.635. The zero-order chi connectivity index (χ0) is 9.19. The van der Waals surface area contributed by atoms with Crippen LogP contribution in [-0.4, -0.2) is 61.3 Å². The molecule has 0 aromatic heterocycles. The molecule has 3 heteroatoms. The van der Waals surface area contributed by atoms with Gasteiger partial charge in [0.25, 0.3) is 0 Å². The first kappa shape index (κ1) is 9.96. The van der Waals surface area contributed by atoms with Gasteiger partial charge in [0.05, 0.1) is 12.1 Å². The lowest BCUT2D eigenvalue weighted by atomic mass is 9.89. The average Bonchev–Trinajstić information content (AvgIpc) is 2.04. The van der Waals surface area contributed by atoms with Crippen LogP contribution in [0.1, 0.15) is 12.8 Å². The highest BCUT2D eigenvalue weighted by Gasteiger charge is 2.35. The van der Waals surface area contributed by atoms with E-state index in [9.17, 15) is 5.11 Å². The van der Waals surface area contributed by atoms with E-state index in [0.29, 0.717) is 0 Å². The maximum absolute atomic E-state index is 9.36. The van der Waals surface area contributed by atoms with Crippen LogP contribution in [0.25, 0.3) is 0 Å². The van der Waals surface area contributed by atoms with E-state index in [1.165, 1.54) is 6.42 Å². The van der Waals surface area contributed by atoms with E-state index in [4.69, 9.17) is 0 Å². The smallest absolute Gasteiger partial charge is 0.0627 e. The monoisotopic (exact) mass is 172 g/mol. The van der Waals surface area contributed by atoms with E-state index in [0.717, 1.165) is 19.5 Å². The van der Waals surface area contributed by atoms with Gasteiger partial charge in [-0.3, -0.25) is 0 Å². The fourth-order valence-corrected chi connectivity index (χ4v) is 1.97. The van der Waals surface area contributed by atoms with Crippen molar-refractivity contribution in [1.82, 2.24) is 9.80 Å². The summed E-state index contributed by atoms with van der Waals surface area (Å²) in [5.74, 6) is 0. The molecule has 0 aromatic rings. The molecule has 0 aromatic carbocycles. The van der Waals surface area contributed by atoms with Gasteiger partial charge in [-0.15, -0.1) is 0 Å². The summed E-state index contributed by atoms with van der Waals surface area (Å²) >= 11 is 0. The summed E-state index contributed by atoms with van der Waals surface area (Å²) in [6.07, 6.45) is 2.30. The number of hydrogen-bond acceptors (Lipinski definition) is 3. The zero-order valence-corrected chi connectivity index (χ0v) is 8.38. The Morgan fingerprint density at radius 2 is 2.17 bits per heavy atom. The molecule has 1 aliphatic rings. The molecule has 1 unspecified atom stereocenters. The van der Waals surface area contributed by atoms with Gasteiger partial charge in [0.2, 0.25) is 0 Å². The molecule has 1 saturated heterocycles. The van der Waals surface area contributed by atoms with Crippen LogP contribution >= 0.6 is 0 Å². The Hall–Kier alpha value is -0.120. The van der Waals surface area contributed by atoms with Gasteiger partial charge in [0.15, 0.2) is 0 Å². The molecular weight excluding hydrogens is 152 g/mol. The topological polar surface area (TPSA) is 26.7 Å². The predicted molar refractivity (Wildman–Crippen MR) is 50.2 cm³/mol. The SMILES string of the molecule is CN1CCCC(CO)(N(C)C)C1. The van der Waals surface area contributed by atoms with E-state index < -0.39 is 0 Å². The minimum absolute atomic E-state index is 0.00694. The first-order valence-corrected chi connectivity index (χ1v) is 4.57. The average molecular weight is 172 g/mol. The maximum Gasteiger partial charge on any atom is 0.0627 e. The third-order valence-corrected chi connectivity index (χ3v) is 2.99. The van der Waals surface area contributed by atoms with Crippen molar-refractivity contribution in [2.45, 2.75) is 18.4 Å². The van der Waals surface area contributed by atoms with Crippen LogP contribution in [0.3, 0.4) is 0 Å². The molecule has 0 amide bonds. The van der Waals surface area contributed by atoms with E-state index in [1.807, 2.05) is 0 Å². The molecule has 3 nitrogen and oxygen atoms in total. The first-order chi connectivity index (χ1) is 5.60. The molecule has 1 aliphatic heterocycles. The largest absolute Gasteiger partial charge is 0.394 e. The summed E-state index contributed by atoms with van der Waals surface area (Å²) in [6.45, 7) is 2.41. The molecule has 1 atom stereocenters. The van der Waals surface area contributed by atoms with E-state index in [1.54, 1.807) is 0 Å². The lowest BCUT2D eigenvalue weighted by molar-refractivity contribution is 0.00817. The van der Waals surface area contributed by atoms with Gasteiger partial charge in [-0.05, 0) is 40.5 Å². The van der Waals surface area contributed by atoms with Gasteiger partial charge in [0, 0.05) is 6.54 Å². The predicted octanol–water partition coefficient (Wildman–Crippen LogP) is 0.00470. The van der Waals surface area contributed by atoms with Gasteiger partial charge in [-0.25, -0.2) is 0 Å². The number of aliphatic hydroxyl groups is 1.